The zero-order valence-electron chi connectivity index (χ0n) is 52.7. The molecule has 0 saturated carbocycles. The minimum absolute atomic E-state index is 0.0428. The average molecular weight is 1120 g/mol. The first-order valence-electron chi connectivity index (χ1n) is 33.8. The van der Waals surface area contributed by atoms with Crippen LogP contribution in [0, 0.1) is 0 Å². The Bertz CT molecular complexity index is 1430. The Morgan fingerprint density at radius 1 is 0.449 bits per heavy atom. The number of nitrogens with zero attached hydrogens (tertiary/aromatic N) is 1. The number of nitrogens with one attached hydrogen (secondary N) is 1. The number of unbranched alkanes of at least 4 members (excludes halogenated alkanes) is 42. The highest BCUT2D eigenvalue weighted by Crippen LogP contribution is 2.43. The third kappa shape index (κ3) is 58.9. The van der Waals surface area contributed by atoms with Crippen molar-refractivity contribution in [2.75, 3.05) is 40.9 Å². The van der Waals surface area contributed by atoms with Crippen LogP contribution in [0.1, 0.15) is 335 Å². The summed E-state index contributed by atoms with van der Waals surface area (Å²) >= 11 is 0. The largest absolute Gasteiger partial charge is 0.472 e. The molecule has 2 N–H and O–H groups in total. The van der Waals surface area contributed by atoms with Gasteiger partial charge in [0.2, 0.25) is 5.91 Å². The Hall–Kier alpha value is -1.77. The molecule has 78 heavy (non-hydrogen) atoms. The SMILES string of the molecule is CCCCC/C=C\C/C=C\CCCCCCCCCCCCCC(=O)OC(/C=C/CCCCCCCCCCCC)C(COP(=O)(O)OCC[N+](C)(C)C)NC(=O)CCCCCCCCCCCCCCCCCCCCC. The van der Waals surface area contributed by atoms with Crippen LogP contribution in [-0.2, 0) is 27.9 Å². The zero-order valence-corrected chi connectivity index (χ0v) is 53.6. The quantitative estimate of drug-likeness (QED) is 0.0205. The number of phosphoric acid groups is 1. The molecule has 0 aromatic heterocycles. The van der Waals surface area contributed by atoms with Crippen LogP contribution in [0.4, 0.5) is 0 Å². The number of likely N-dealkylation sites (N-methyl/N-ethyl adjacent to an activating group) is 1. The maximum atomic E-state index is 13.6. The van der Waals surface area contributed by atoms with Crippen molar-refractivity contribution in [2.24, 2.45) is 0 Å². The Kier molecular flexibility index (Phi) is 57.1. The Morgan fingerprint density at radius 3 is 1.18 bits per heavy atom. The maximum absolute atomic E-state index is 13.6. The Morgan fingerprint density at radius 2 is 0.782 bits per heavy atom. The number of allylic oxidation sites excluding steroid dienone is 5. The van der Waals surface area contributed by atoms with Crippen LogP contribution in [0.15, 0.2) is 36.5 Å². The second kappa shape index (κ2) is 58.4. The number of amides is 1. The molecule has 0 aromatic carbocycles. The number of rotatable bonds is 62. The van der Waals surface area contributed by atoms with Crippen molar-refractivity contribution in [1.29, 1.82) is 0 Å². The summed E-state index contributed by atoms with van der Waals surface area (Å²) in [5, 5.41) is 3.07. The van der Waals surface area contributed by atoms with Crippen LogP contribution in [0.2, 0.25) is 0 Å². The lowest BCUT2D eigenvalue weighted by Gasteiger charge is -2.27. The van der Waals surface area contributed by atoms with E-state index in [1.54, 1.807) is 0 Å². The third-order valence-corrected chi connectivity index (χ3v) is 16.3. The molecule has 0 aliphatic heterocycles. The summed E-state index contributed by atoms with van der Waals surface area (Å²) in [5.41, 5.74) is 0. The first-order chi connectivity index (χ1) is 37.9. The summed E-state index contributed by atoms with van der Waals surface area (Å²) in [6.45, 7) is 7.04. The monoisotopic (exact) mass is 1120 g/mol. The molecule has 0 bridgehead atoms. The van der Waals surface area contributed by atoms with E-state index >= 15 is 0 Å². The maximum Gasteiger partial charge on any atom is 0.472 e. The van der Waals surface area contributed by atoms with E-state index in [1.807, 2.05) is 33.3 Å². The van der Waals surface area contributed by atoms with Crippen LogP contribution < -0.4 is 5.32 Å². The van der Waals surface area contributed by atoms with Gasteiger partial charge in [0, 0.05) is 12.8 Å². The summed E-state index contributed by atoms with van der Waals surface area (Å²) in [7, 11) is 1.51. The molecule has 10 heteroatoms. The average Bonchev–Trinajstić information content (AvgIpc) is 3.40. The van der Waals surface area contributed by atoms with Gasteiger partial charge in [-0.3, -0.25) is 18.6 Å². The first kappa shape index (κ1) is 76.2. The number of esters is 1. The van der Waals surface area contributed by atoms with Gasteiger partial charge in [-0.2, -0.15) is 0 Å². The smallest absolute Gasteiger partial charge is 0.456 e. The van der Waals surface area contributed by atoms with Crippen LogP contribution in [0.5, 0.6) is 0 Å². The summed E-state index contributed by atoms with van der Waals surface area (Å²) in [6.07, 6.45) is 71.4. The topological polar surface area (TPSA) is 111 Å². The van der Waals surface area contributed by atoms with Gasteiger partial charge in [0.1, 0.15) is 19.3 Å². The highest BCUT2D eigenvalue weighted by Gasteiger charge is 2.30. The van der Waals surface area contributed by atoms with Crippen LogP contribution in [0.3, 0.4) is 0 Å². The van der Waals surface area contributed by atoms with Crippen molar-refractivity contribution in [3.8, 4) is 0 Å². The molecule has 460 valence electrons. The number of phosphoric ester groups is 1. The molecule has 0 aromatic rings. The lowest BCUT2D eigenvalue weighted by molar-refractivity contribution is -0.870. The number of carbonyl (C=O) groups is 2. The summed E-state index contributed by atoms with van der Waals surface area (Å²) < 4.78 is 30.8. The minimum Gasteiger partial charge on any atom is -0.456 e. The fourth-order valence-electron chi connectivity index (χ4n) is 10.1. The van der Waals surface area contributed by atoms with Gasteiger partial charge in [0.25, 0.3) is 0 Å². The zero-order chi connectivity index (χ0) is 57.2. The van der Waals surface area contributed by atoms with Gasteiger partial charge in [-0.1, -0.05) is 295 Å². The van der Waals surface area contributed by atoms with Gasteiger partial charge in [-0.25, -0.2) is 4.57 Å². The second-order valence-electron chi connectivity index (χ2n) is 24.4. The van der Waals surface area contributed by atoms with E-state index in [2.05, 4.69) is 50.4 Å². The molecule has 0 aliphatic carbocycles. The molecule has 0 fully saturated rings. The summed E-state index contributed by atoms with van der Waals surface area (Å²) in [4.78, 5) is 37.8. The highest BCUT2D eigenvalue weighted by atomic mass is 31.2. The molecule has 0 heterocycles. The molecule has 0 rings (SSSR count). The molecule has 0 radical (unpaired) electrons. The lowest BCUT2D eigenvalue weighted by atomic mass is 10.0. The highest BCUT2D eigenvalue weighted by molar-refractivity contribution is 7.47. The minimum atomic E-state index is -4.45. The van der Waals surface area contributed by atoms with Crippen molar-refractivity contribution < 1.29 is 37.3 Å². The Labute approximate surface area is 485 Å². The van der Waals surface area contributed by atoms with Gasteiger partial charge < -0.3 is 19.4 Å². The summed E-state index contributed by atoms with van der Waals surface area (Å²) in [5.74, 6) is -0.489. The van der Waals surface area contributed by atoms with Crippen LogP contribution in [0.25, 0.3) is 0 Å². The molecule has 9 nitrogen and oxygen atoms in total. The van der Waals surface area contributed by atoms with Crippen molar-refractivity contribution in [3.05, 3.63) is 36.5 Å². The van der Waals surface area contributed by atoms with Gasteiger partial charge in [-0.05, 0) is 63.9 Å². The standard InChI is InChI=1S/C68H131N2O7P/c1-7-10-13-16-19-22-25-28-30-32-34-35-37-39-41-43-46-49-52-55-58-61-68(72)77-66(59-56-53-50-47-44-27-24-21-18-15-12-9-3)65(64-76-78(73,74)75-63-62-70(4,5)6)69-67(71)60-57-54-51-48-45-42-40-38-36-33-31-29-26-23-20-17-14-11-8-2/h19,22,28,30,56,59,65-66H,7-18,20-21,23-27,29,31-55,57-58,60-64H2,1-6H3,(H-,69,71,73,74)/p+1/b22-19-,30-28-,59-56+. The predicted octanol–water partition coefficient (Wildman–Crippen LogP) is 21.1. The van der Waals surface area contributed by atoms with Gasteiger partial charge in [0.05, 0.1) is 33.8 Å². The van der Waals surface area contributed by atoms with Gasteiger partial charge in [-0.15, -0.1) is 0 Å². The number of quaternary nitrogens is 1. The molecular weight excluding hydrogens is 988 g/mol. The van der Waals surface area contributed by atoms with E-state index in [-0.39, 0.29) is 25.1 Å². The number of carbonyl (C=O) groups excluding carboxylic acids is 2. The van der Waals surface area contributed by atoms with Crippen LogP contribution in [-0.4, -0.2) is 74.3 Å². The number of hydrogen-bond acceptors (Lipinski definition) is 6. The van der Waals surface area contributed by atoms with E-state index in [9.17, 15) is 19.0 Å². The van der Waals surface area contributed by atoms with E-state index in [0.717, 1.165) is 64.2 Å². The van der Waals surface area contributed by atoms with Crippen LogP contribution >= 0.6 is 7.82 Å². The van der Waals surface area contributed by atoms with Gasteiger partial charge >= 0.3 is 13.8 Å². The lowest BCUT2D eigenvalue weighted by Crippen LogP contribution is -2.47. The number of hydrogen-bond donors (Lipinski definition) is 2. The predicted molar refractivity (Wildman–Crippen MR) is 337 cm³/mol. The van der Waals surface area contributed by atoms with Crippen molar-refractivity contribution in [3.63, 3.8) is 0 Å². The number of ether oxygens (including phenoxy) is 1. The molecule has 0 aliphatic rings. The van der Waals surface area contributed by atoms with E-state index in [4.69, 9.17) is 13.8 Å². The molecule has 3 unspecified atom stereocenters. The van der Waals surface area contributed by atoms with Crippen molar-refractivity contribution in [2.45, 2.75) is 348 Å². The van der Waals surface area contributed by atoms with E-state index in [1.165, 1.54) is 238 Å². The van der Waals surface area contributed by atoms with Crippen molar-refractivity contribution >= 4 is 19.7 Å². The van der Waals surface area contributed by atoms with Gasteiger partial charge in [0.15, 0.2) is 0 Å². The normalized spacial score (nSPS) is 13.8. The second-order valence-corrected chi connectivity index (χ2v) is 25.8. The summed E-state index contributed by atoms with van der Waals surface area (Å²) in [6, 6.07) is -0.845. The van der Waals surface area contributed by atoms with E-state index in [0.29, 0.717) is 23.9 Å². The molecular formula is C68H132N2O7P+. The molecule has 0 spiro atoms. The van der Waals surface area contributed by atoms with Crippen molar-refractivity contribution in [1.82, 2.24) is 5.32 Å². The first-order valence-corrected chi connectivity index (χ1v) is 35.3. The fourth-order valence-corrected chi connectivity index (χ4v) is 10.8. The Balaban J connectivity index is 5.13. The fraction of sp³-hybridized carbons (Fsp3) is 0.882. The third-order valence-electron chi connectivity index (χ3n) is 15.3. The van der Waals surface area contributed by atoms with E-state index < -0.39 is 20.0 Å². The molecule has 1 amide bonds. The molecule has 3 atom stereocenters. The molecule has 0 saturated heterocycles.